The Morgan fingerprint density at radius 1 is 1.05 bits per heavy atom. The van der Waals surface area contributed by atoms with Gasteiger partial charge in [-0.3, -0.25) is 37.3 Å². The first-order valence-electron chi connectivity index (χ1n) is 16.1. The van der Waals surface area contributed by atoms with Crippen LogP contribution in [0.3, 0.4) is 0 Å². The number of aromatic nitrogens is 4. The number of fused-ring (bicyclic) bond motifs is 1. The van der Waals surface area contributed by atoms with Crippen molar-refractivity contribution >= 4 is 75.0 Å². The van der Waals surface area contributed by atoms with E-state index < -0.39 is 90.6 Å². The second-order valence-electron chi connectivity index (χ2n) is 12.7. The lowest BCUT2D eigenvalue weighted by molar-refractivity contribution is -0.137. The van der Waals surface area contributed by atoms with E-state index in [0.717, 1.165) is 29.0 Å². The fourth-order valence-electron chi connectivity index (χ4n) is 4.77. The van der Waals surface area contributed by atoms with Gasteiger partial charge in [-0.15, -0.1) is 0 Å². The first-order valence-corrected chi connectivity index (χ1v) is 21.7. The zero-order valence-corrected chi connectivity index (χ0v) is 33.6. The summed E-state index contributed by atoms with van der Waals surface area (Å²) < 4.78 is 62.0. The number of anilines is 1. The molecule has 2 aromatic heterocycles. The van der Waals surface area contributed by atoms with Gasteiger partial charge in [0.05, 0.1) is 25.6 Å². The quantitative estimate of drug-likeness (QED) is 0.0488. The largest absolute Gasteiger partial charge is 0.481 e. The van der Waals surface area contributed by atoms with E-state index in [1.807, 2.05) is 0 Å². The topological polar surface area (TPSA) is 393 Å². The lowest BCUT2D eigenvalue weighted by atomic mass is 9.87. The minimum absolute atomic E-state index is 0.0231. The number of hydrogen-bond donors (Lipinski definition) is 10. The lowest BCUT2D eigenvalue weighted by Gasteiger charge is -2.30. The molecule has 0 spiro atoms. The van der Waals surface area contributed by atoms with Crippen molar-refractivity contribution in [1.82, 2.24) is 35.5 Å². The highest BCUT2D eigenvalue weighted by Gasteiger charge is 2.50. The van der Waals surface area contributed by atoms with Crippen LogP contribution in [0.25, 0.3) is 11.2 Å². The SMILES string of the molecule is CC(=O)NC(C)C(=O)SCCNC(=O)CCNC(=O)C(O)C(C)(C)COP(=O)(O)OP(=O)(O)OCC1OC(n2cnc3c(N)ncnc32)C(O)C1OP(=O)(O)O. The molecule has 8 atom stereocenters. The van der Waals surface area contributed by atoms with E-state index in [0.29, 0.717) is 0 Å². The second-order valence-corrected chi connectivity index (χ2v) is 18.0. The maximum atomic E-state index is 12.7. The molecule has 1 aliphatic heterocycles. The highest BCUT2D eigenvalue weighted by Crippen LogP contribution is 2.61. The molecule has 30 heteroatoms. The Labute approximate surface area is 322 Å². The van der Waals surface area contributed by atoms with Crippen molar-refractivity contribution in [3.05, 3.63) is 12.7 Å². The Hall–Kier alpha value is -2.97. The first-order chi connectivity index (χ1) is 25.8. The molecule has 1 fully saturated rings. The molecule has 0 aromatic carbocycles. The molecule has 0 saturated carbocycles. The Morgan fingerprint density at radius 2 is 1.71 bits per heavy atom. The van der Waals surface area contributed by atoms with E-state index in [4.69, 9.17) is 19.5 Å². The number of carbonyl (C=O) groups is 4. The van der Waals surface area contributed by atoms with Crippen LogP contribution >= 0.6 is 35.2 Å². The van der Waals surface area contributed by atoms with Crippen molar-refractivity contribution < 1.29 is 85.3 Å². The van der Waals surface area contributed by atoms with Gasteiger partial charge < -0.3 is 56.2 Å². The Kier molecular flexibility index (Phi) is 16.6. The number of carbonyl (C=O) groups excluding carboxylic acids is 4. The van der Waals surface area contributed by atoms with Crippen molar-refractivity contribution in [2.75, 3.05) is 37.8 Å². The van der Waals surface area contributed by atoms with Crippen LogP contribution in [0.1, 0.15) is 40.3 Å². The first kappa shape index (κ1) is 47.4. The van der Waals surface area contributed by atoms with Gasteiger partial charge in [0, 0.05) is 37.6 Å². The monoisotopic (exact) mass is 880 g/mol. The highest BCUT2D eigenvalue weighted by atomic mass is 32.2. The van der Waals surface area contributed by atoms with E-state index in [9.17, 15) is 62.7 Å². The van der Waals surface area contributed by atoms with Crippen LogP contribution in [0.15, 0.2) is 12.7 Å². The highest BCUT2D eigenvalue weighted by molar-refractivity contribution is 8.13. The summed E-state index contributed by atoms with van der Waals surface area (Å²) in [4.78, 5) is 98.4. The number of aliphatic hydroxyl groups is 2. The summed E-state index contributed by atoms with van der Waals surface area (Å²) in [6.45, 7) is 3.08. The maximum absolute atomic E-state index is 12.7. The average molecular weight is 881 g/mol. The van der Waals surface area contributed by atoms with Crippen molar-refractivity contribution in [2.24, 2.45) is 5.41 Å². The van der Waals surface area contributed by atoms with Crippen LogP contribution in [-0.2, 0) is 55.5 Å². The smallest absolute Gasteiger partial charge is 0.386 e. The summed E-state index contributed by atoms with van der Waals surface area (Å²) in [5.41, 5.74) is 4.22. The number of ether oxygens (including phenoxy) is 1. The fraction of sp³-hybridized carbons (Fsp3) is 0.654. The van der Waals surface area contributed by atoms with E-state index in [1.54, 1.807) is 0 Å². The van der Waals surface area contributed by atoms with E-state index in [2.05, 4.69) is 39.7 Å². The predicted octanol–water partition coefficient (Wildman–Crippen LogP) is -1.81. The number of nitrogens with zero attached hydrogens (tertiary/aromatic N) is 4. The molecule has 3 rings (SSSR count). The third kappa shape index (κ3) is 14.1. The van der Waals surface area contributed by atoms with Crippen LogP contribution in [0, 0.1) is 5.41 Å². The van der Waals surface area contributed by atoms with Gasteiger partial charge in [0.2, 0.25) is 22.8 Å². The number of imidazole rings is 1. The molecular formula is C26H43N8O18P3S. The van der Waals surface area contributed by atoms with Gasteiger partial charge in [-0.05, 0) is 6.92 Å². The molecule has 11 N–H and O–H groups in total. The number of rotatable bonds is 21. The molecule has 0 radical (unpaired) electrons. The minimum atomic E-state index is -5.58. The van der Waals surface area contributed by atoms with Gasteiger partial charge in [-0.25, -0.2) is 28.6 Å². The van der Waals surface area contributed by atoms with Crippen LogP contribution in [-0.4, -0.2) is 135 Å². The van der Waals surface area contributed by atoms with Crippen LogP contribution in [0.5, 0.6) is 0 Å². The van der Waals surface area contributed by atoms with Gasteiger partial charge in [-0.2, -0.15) is 4.31 Å². The molecule has 0 bridgehead atoms. The van der Waals surface area contributed by atoms with Gasteiger partial charge in [0.25, 0.3) is 0 Å². The van der Waals surface area contributed by atoms with Gasteiger partial charge in [-0.1, -0.05) is 25.6 Å². The van der Waals surface area contributed by atoms with Crippen molar-refractivity contribution in [3.8, 4) is 0 Å². The van der Waals surface area contributed by atoms with Crippen LogP contribution in [0.2, 0.25) is 0 Å². The molecule has 0 aliphatic carbocycles. The van der Waals surface area contributed by atoms with Gasteiger partial charge in [0.15, 0.2) is 17.7 Å². The zero-order chi connectivity index (χ0) is 42.2. The number of phosphoric acid groups is 3. The second kappa shape index (κ2) is 19.7. The summed E-state index contributed by atoms with van der Waals surface area (Å²) in [5, 5.41) is 28.4. The number of hydrogen-bond acceptors (Lipinski definition) is 19. The molecule has 26 nitrogen and oxygen atoms in total. The Morgan fingerprint density at radius 3 is 2.36 bits per heavy atom. The number of aliphatic hydroxyl groups excluding tert-OH is 2. The van der Waals surface area contributed by atoms with Gasteiger partial charge in [0.1, 0.15) is 36.3 Å². The summed E-state index contributed by atoms with van der Waals surface area (Å²) in [5.74, 6) is -1.69. The Bertz CT molecular complexity index is 1880. The number of nitrogen functional groups attached to an aromatic ring is 1. The predicted molar refractivity (Wildman–Crippen MR) is 190 cm³/mol. The summed E-state index contributed by atoms with van der Waals surface area (Å²) in [7, 11) is -16.4. The molecule has 1 saturated heterocycles. The number of thioether (sulfide) groups is 1. The van der Waals surface area contributed by atoms with E-state index in [1.165, 1.54) is 27.7 Å². The van der Waals surface area contributed by atoms with Crippen LogP contribution < -0.4 is 21.7 Å². The lowest BCUT2D eigenvalue weighted by Crippen LogP contribution is -2.46. The van der Waals surface area contributed by atoms with Crippen molar-refractivity contribution in [3.63, 3.8) is 0 Å². The van der Waals surface area contributed by atoms with Crippen molar-refractivity contribution in [2.45, 2.75) is 70.8 Å². The molecule has 8 unspecified atom stereocenters. The molecule has 2 aromatic rings. The molecule has 1 aliphatic rings. The zero-order valence-electron chi connectivity index (χ0n) is 30.1. The summed E-state index contributed by atoms with van der Waals surface area (Å²) in [6, 6.07) is -0.704. The number of nitrogens with two attached hydrogens (primary N) is 1. The normalized spacial score (nSPS) is 22.1. The van der Waals surface area contributed by atoms with Crippen LogP contribution in [0.4, 0.5) is 5.82 Å². The molecule has 3 amide bonds. The molecular weight excluding hydrogens is 837 g/mol. The number of amides is 3. The Balaban J connectivity index is 1.49. The third-order valence-electron chi connectivity index (χ3n) is 7.52. The number of nitrogens with one attached hydrogen (secondary N) is 3. The third-order valence-corrected chi connectivity index (χ3v) is 11.7. The van der Waals surface area contributed by atoms with E-state index >= 15 is 0 Å². The fourth-order valence-corrected chi connectivity index (χ4v) is 8.31. The summed E-state index contributed by atoms with van der Waals surface area (Å²) in [6.07, 6.45) is -7.04. The molecule has 56 heavy (non-hydrogen) atoms. The molecule has 3 heterocycles. The van der Waals surface area contributed by atoms with Crippen molar-refractivity contribution in [1.29, 1.82) is 0 Å². The van der Waals surface area contributed by atoms with Gasteiger partial charge >= 0.3 is 23.5 Å². The minimum Gasteiger partial charge on any atom is -0.386 e. The maximum Gasteiger partial charge on any atom is 0.481 e. The molecule has 316 valence electrons. The van der Waals surface area contributed by atoms with E-state index in [-0.39, 0.29) is 53.3 Å². The standard InChI is InChI=1S/C26H43N8O18P3S/c1-13(33-14(2)35)25(40)56-8-7-28-16(36)5-6-29-23(39)20(38)26(3,4)10-49-55(46,47)52-54(44,45)48-9-15-19(51-53(41,42)43)18(37)24(50-15)34-12-32-17-21(27)30-11-31-22(17)34/h11-13,15,18-20,24,37-38H,5-10H2,1-4H3,(H,28,36)(H,29,39)(H,33,35)(H,44,45)(H,46,47)(H2,27,30,31)(H2,41,42,43). The summed E-state index contributed by atoms with van der Waals surface area (Å²) >= 11 is 0.906. The average Bonchev–Trinajstić information content (AvgIpc) is 3.64. The number of phosphoric ester groups is 3.